The first kappa shape index (κ1) is 18.1. The van der Waals surface area contributed by atoms with Gasteiger partial charge in [0.1, 0.15) is 11.8 Å². The smallest absolute Gasteiger partial charge is 0.322 e. The van der Waals surface area contributed by atoms with E-state index in [1.165, 1.54) is 0 Å². The quantitative estimate of drug-likeness (QED) is 0.851. The number of ether oxygens (including phenoxy) is 1. The van der Waals surface area contributed by atoms with Crippen molar-refractivity contribution in [3.05, 3.63) is 53.6 Å². The van der Waals surface area contributed by atoms with Crippen LogP contribution in [-0.4, -0.2) is 36.5 Å². The van der Waals surface area contributed by atoms with Crippen molar-refractivity contribution in [2.75, 3.05) is 24.3 Å². The molecule has 0 spiro atoms. The molecule has 3 amide bonds. The average Bonchev–Trinajstić information content (AvgIpc) is 3.12. The van der Waals surface area contributed by atoms with E-state index in [4.69, 9.17) is 16.3 Å². The molecule has 2 aromatic rings. The third-order valence-corrected chi connectivity index (χ3v) is 4.49. The molecule has 2 N–H and O–H groups in total. The van der Waals surface area contributed by atoms with E-state index < -0.39 is 6.04 Å². The summed E-state index contributed by atoms with van der Waals surface area (Å²) in [4.78, 5) is 26.8. The predicted molar refractivity (Wildman–Crippen MR) is 102 cm³/mol. The monoisotopic (exact) mass is 373 g/mol. The van der Waals surface area contributed by atoms with Crippen LogP contribution >= 0.6 is 11.6 Å². The Morgan fingerprint density at radius 3 is 2.73 bits per heavy atom. The van der Waals surface area contributed by atoms with Crippen molar-refractivity contribution in [1.82, 2.24) is 4.90 Å². The lowest BCUT2D eigenvalue weighted by molar-refractivity contribution is -0.119. The lowest BCUT2D eigenvalue weighted by Crippen LogP contribution is -2.45. The predicted octanol–water partition coefficient (Wildman–Crippen LogP) is 3.98. The fourth-order valence-electron chi connectivity index (χ4n) is 3.01. The van der Waals surface area contributed by atoms with Crippen molar-refractivity contribution in [2.24, 2.45) is 0 Å². The van der Waals surface area contributed by atoms with Gasteiger partial charge in [-0.3, -0.25) is 4.79 Å². The van der Waals surface area contributed by atoms with Gasteiger partial charge in [0.05, 0.1) is 12.8 Å². The van der Waals surface area contributed by atoms with Crippen LogP contribution in [0.3, 0.4) is 0 Å². The topological polar surface area (TPSA) is 70.7 Å². The van der Waals surface area contributed by atoms with Gasteiger partial charge in [-0.2, -0.15) is 0 Å². The molecular weight excluding hydrogens is 354 g/mol. The van der Waals surface area contributed by atoms with Gasteiger partial charge < -0.3 is 20.3 Å². The lowest BCUT2D eigenvalue weighted by Gasteiger charge is -2.24. The van der Waals surface area contributed by atoms with Gasteiger partial charge in [-0.1, -0.05) is 29.8 Å². The number of hydrogen-bond acceptors (Lipinski definition) is 3. The molecule has 0 aliphatic carbocycles. The van der Waals surface area contributed by atoms with E-state index in [1.54, 1.807) is 48.4 Å². The Morgan fingerprint density at radius 2 is 1.96 bits per heavy atom. The number of likely N-dealkylation sites (tertiary alicyclic amines) is 1. The van der Waals surface area contributed by atoms with E-state index in [0.29, 0.717) is 35.1 Å². The largest absolute Gasteiger partial charge is 0.495 e. The van der Waals surface area contributed by atoms with Crippen LogP contribution in [0.4, 0.5) is 16.2 Å². The molecule has 1 aliphatic rings. The number of nitrogens with zero attached hydrogens (tertiary/aromatic N) is 1. The molecule has 0 radical (unpaired) electrons. The van der Waals surface area contributed by atoms with Gasteiger partial charge in [0.15, 0.2) is 0 Å². The van der Waals surface area contributed by atoms with Gasteiger partial charge in [0.2, 0.25) is 5.91 Å². The minimum Gasteiger partial charge on any atom is -0.495 e. The zero-order valence-corrected chi connectivity index (χ0v) is 15.1. The van der Waals surface area contributed by atoms with Crippen LogP contribution in [-0.2, 0) is 4.79 Å². The van der Waals surface area contributed by atoms with Crippen molar-refractivity contribution in [1.29, 1.82) is 0 Å². The van der Waals surface area contributed by atoms with Gasteiger partial charge in [-0.25, -0.2) is 4.79 Å². The second-order valence-electron chi connectivity index (χ2n) is 5.98. The Balaban J connectivity index is 1.69. The SMILES string of the molecule is COc1ccccc1NC(=O)[C@@H]1CCCN1C(=O)Nc1cccc(Cl)c1. The summed E-state index contributed by atoms with van der Waals surface area (Å²) in [6.45, 7) is 0.524. The third-order valence-electron chi connectivity index (χ3n) is 4.26. The Bertz CT molecular complexity index is 812. The lowest BCUT2D eigenvalue weighted by atomic mass is 10.2. The van der Waals surface area contributed by atoms with Crippen molar-refractivity contribution < 1.29 is 14.3 Å². The van der Waals surface area contributed by atoms with Crippen LogP contribution in [0.2, 0.25) is 5.02 Å². The first-order chi connectivity index (χ1) is 12.6. The maximum atomic E-state index is 12.7. The number of nitrogens with one attached hydrogen (secondary N) is 2. The molecule has 1 saturated heterocycles. The fraction of sp³-hybridized carbons (Fsp3) is 0.263. The number of rotatable bonds is 4. The number of amides is 3. The summed E-state index contributed by atoms with van der Waals surface area (Å²) in [5.41, 5.74) is 1.18. The maximum Gasteiger partial charge on any atom is 0.322 e. The molecule has 0 bridgehead atoms. The zero-order chi connectivity index (χ0) is 18.5. The second-order valence-corrected chi connectivity index (χ2v) is 6.42. The molecule has 136 valence electrons. The molecule has 0 unspecified atom stereocenters. The van der Waals surface area contributed by atoms with Crippen LogP contribution < -0.4 is 15.4 Å². The summed E-state index contributed by atoms with van der Waals surface area (Å²) < 4.78 is 5.25. The third kappa shape index (κ3) is 4.08. The van der Waals surface area contributed by atoms with Crippen LogP contribution in [0, 0.1) is 0 Å². The van der Waals surface area contributed by atoms with Crippen LogP contribution in [0.25, 0.3) is 0 Å². The first-order valence-electron chi connectivity index (χ1n) is 8.35. The van der Waals surface area contributed by atoms with Crippen LogP contribution in [0.1, 0.15) is 12.8 Å². The number of methoxy groups -OCH3 is 1. The highest BCUT2D eigenvalue weighted by atomic mass is 35.5. The van der Waals surface area contributed by atoms with Crippen LogP contribution in [0.15, 0.2) is 48.5 Å². The number of carbonyl (C=O) groups excluding carboxylic acids is 2. The highest BCUT2D eigenvalue weighted by molar-refractivity contribution is 6.30. The molecule has 0 saturated carbocycles. The zero-order valence-electron chi connectivity index (χ0n) is 14.4. The van der Waals surface area contributed by atoms with Gasteiger partial charge in [0.25, 0.3) is 0 Å². The van der Waals surface area contributed by atoms with E-state index in [9.17, 15) is 9.59 Å². The fourth-order valence-corrected chi connectivity index (χ4v) is 3.20. The van der Waals surface area contributed by atoms with Crippen LogP contribution in [0.5, 0.6) is 5.75 Å². The minimum atomic E-state index is -0.529. The number of benzene rings is 2. The number of anilines is 2. The van der Waals surface area contributed by atoms with E-state index in [1.807, 2.05) is 12.1 Å². The standard InChI is InChI=1S/C19H20ClN3O3/c1-26-17-10-3-2-8-15(17)22-18(24)16-9-5-11-23(16)19(25)21-14-7-4-6-13(20)12-14/h2-4,6-8,10,12,16H,5,9,11H2,1H3,(H,21,25)(H,22,24)/t16-/m0/s1. The Labute approximate surface area is 157 Å². The molecule has 1 heterocycles. The molecule has 26 heavy (non-hydrogen) atoms. The molecule has 2 aromatic carbocycles. The van der Waals surface area contributed by atoms with E-state index >= 15 is 0 Å². The molecule has 1 atom stereocenters. The summed E-state index contributed by atoms with van der Waals surface area (Å²) >= 11 is 5.95. The van der Waals surface area contributed by atoms with Gasteiger partial charge >= 0.3 is 6.03 Å². The molecule has 7 heteroatoms. The van der Waals surface area contributed by atoms with Gasteiger partial charge in [0, 0.05) is 17.3 Å². The number of urea groups is 1. The summed E-state index contributed by atoms with van der Waals surface area (Å²) in [7, 11) is 1.55. The van der Waals surface area contributed by atoms with E-state index in [0.717, 1.165) is 6.42 Å². The normalized spacial score (nSPS) is 16.2. The summed E-state index contributed by atoms with van der Waals surface area (Å²) in [6, 6.07) is 13.2. The average molecular weight is 374 g/mol. The highest BCUT2D eigenvalue weighted by Gasteiger charge is 2.34. The first-order valence-corrected chi connectivity index (χ1v) is 8.73. The van der Waals surface area contributed by atoms with Crippen molar-refractivity contribution in [2.45, 2.75) is 18.9 Å². The number of hydrogen-bond donors (Lipinski definition) is 2. The molecule has 6 nitrogen and oxygen atoms in total. The molecule has 0 aromatic heterocycles. The Kier molecular flexibility index (Phi) is 5.63. The number of para-hydroxylation sites is 2. The number of carbonyl (C=O) groups is 2. The molecule has 1 aliphatic heterocycles. The Morgan fingerprint density at radius 1 is 1.15 bits per heavy atom. The van der Waals surface area contributed by atoms with Crippen molar-refractivity contribution in [3.8, 4) is 5.75 Å². The minimum absolute atomic E-state index is 0.228. The Hall–Kier alpha value is -2.73. The second kappa shape index (κ2) is 8.10. The van der Waals surface area contributed by atoms with E-state index in [2.05, 4.69) is 10.6 Å². The van der Waals surface area contributed by atoms with Crippen molar-refractivity contribution in [3.63, 3.8) is 0 Å². The van der Waals surface area contributed by atoms with E-state index in [-0.39, 0.29) is 11.9 Å². The molecular formula is C19H20ClN3O3. The summed E-state index contributed by atoms with van der Waals surface area (Å²) in [5, 5.41) is 6.19. The van der Waals surface area contributed by atoms with Gasteiger partial charge in [-0.15, -0.1) is 0 Å². The molecule has 1 fully saturated rings. The summed E-state index contributed by atoms with van der Waals surface area (Å²) in [6.07, 6.45) is 1.39. The maximum absolute atomic E-state index is 12.7. The molecule has 3 rings (SSSR count). The van der Waals surface area contributed by atoms with Crippen molar-refractivity contribution >= 4 is 34.9 Å². The number of halogens is 1. The highest BCUT2D eigenvalue weighted by Crippen LogP contribution is 2.26. The summed E-state index contributed by atoms with van der Waals surface area (Å²) in [5.74, 6) is 0.349. The van der Waals surface area contributed by atoms with Gasteiger partial charge in [-0.05, 0) is 43.2 Å².